The molecule has 1 N–H and O–H groups in total. The fourth-order valence-electron chi connectivity index (χ4n) is 3.57. The summed E-state index contributed by atoms with van der Waals surface area (Å²) in [5.41, 5.74) is 1.40. The van der Waals surface area contributed by atoms with Crippen LogP contribution >= 0.6 is 23.2 Å². The highest BCUT2D eigenvalue weighted by Gasteiger charge is 2.27. The Hall–Kier alpha value is -2.42. The van der Waals surface area contributed by atoms with Crippen LogP contribution in [0.3, 0.4) is 0 Å². The standard InChI is InChI=1S/C19H19Cl2N5O3/c20-14-4-3-13-15(26-8-6-22-24-26)10-16(23-19(13)18(14)21)25-7-1-2-12(25)11-29-9-5-17(27)28/h3-4,6,8,10,12H,1-2,5,7,9,11H2,(H,27,28). The predicted octanol–water partition coefficient (Wildman–Crippen LogP) is 3.58. The van der Waals surface area contributed by atoms with Gasteiger partial charge in [0.05, 0.1) is 59.3 Å². The van der Waals surface area contributed by atoms with Gasteiger partial charge in [0.1, 0.15) is 5.82 Å². The Labute approximate surface area is 177 Å². The van der Waals surface area contributed by atoms with Gasteiger partial charge in [0.2, 0.25) is 0 Å². The van der Waals surface area contributed by atoms with E-state index in [-0.39, 0.29) is 19.1 Å². The SMILES string of the molecule is O=C(O)CCOCC1CCCN1c1cc(-n2ccnn2)c2ccc(Cl)c(Cl)c2n1. The number of pyridine rings is 1. The van der Waals surface area contributed by atoms with Crippen molar-refractivity contribution in [2.75, 3.05) is 24.7 Å². The largest absolute Gasteiger partial charge is 0.481 e. The number of carboxylic acids is 1. The summed E-state index contributed by atoms with van der Waals surface area (Å²) >= 11 is 12.7. The first-order valence-electron chi connectivity index (χ1n) is 9.26. The molecule has 0 radical (unpaired) electrons. The van der Waals surface area contributed by atoms with Crippen LogP contribution in [0.2, 0.25) is 10.0 Å². The van der Waals surface area contributed by atoms with E-state index in [0.717, 1.165) is 36.3 Å². The quantitative estimate of drug-likeness (QED) is 0.566. The van der Waals surface area contributed by atoms with Crippen molar-refractivity contribution in [3.63, 3.8) is 0 Å². The van der Waals surface area contributed by atoms with E-state index >= 15 is 0 Å². The van der Waals surface area contributed by atoms with Crippen LogP contribution in [0.1, 0.15) is 19.3 Å². The first kappa shape index (κ1) is 19.9. The minimum atomic E-state index is -0.867. The summed E-state index contributed by atoms with van der Waals surface area (Å²) < 4.78 is 7.26. The van der Waals surface area contributed by atoms with Crippen molar-refractivity contribution >= 4 is 45.9 Å². The lowest BCUT2D eigenvalue weighted by atomic mass is 10.1. The predicted molar refractivity (Wildman–Crippen MR) is 110 cm³/mol. The van der Waals surface area contributed by atoms with Gasteiger partial charge in [-0.15, -0.1) is 5.10 Å². The third kappa shape index (κ3) is 4.14. The number of rotatable bonds is 7. The molecule has 3 heterocycles. The number of ether oxygens (including phenoxy) is 1. The molecular weight excluding hydrogens is 417 g/mol. The van der Waals surface area contributed by atoms with Gasteiger partial charge in [0, 0.05) is 18.0 Å². The number of aliphatic carboxylic acids is 1. The number of fused-ring (bicyclic) bond motifs is 1. The van der Waals surface area contributed by atoms with E-state index in [1.165, 1.54) is 0 Å². The van der Waals surface area contributed by atoms with Crippen molar-refractivity contribution in [1.29, 1.82) is 0 Å². The molecule has 8 nitrogen and oxygen atoms in total. The summed E-state index contributed by atoms with van der Waals surface area (Å²) in [6.07, 6.45) is 5.30. The fraction of sp³-hybridized carbons (Fsp3) is 0.368. The second-order valence-electron chi connectivity index (χ2n) is 6.81. The van der Waals surface area contributed by atoms with E-state index in [1.807, 2.05) is 12.1 Å². The van der Waals surface area contributed by atoms with Crippen molar-refractivity contribution in [2.24, 2.45) is 0 Å². The Kier molecular flexibility index (Phi) is 5.84. The third-order valence-corrected chi connectivity index (χ3v) is 5.74. The van der Waals surface area contributed by atoms with Crippen LogP contribution in [-0.4, -0.2) is 56.9 Å². The second-order valence-corrected chi connectivity index (χ2v) is 7.60. The molecule has 0 saturated carbocycles. The van der Waals surface area contributed by atoms with E-state index < -0.39 is 5.97 Å². The van der Waals surface area contributed by atoms with Gasteiger partial charge in [-0.25, -0.2) is 9.67 Å². The van der Waals surface area contributed by atoms with Gasteiger partial charge in [-0.05, 0) is 25.0 Å². The van der Waals surface area contributed by atoms with E-state index in [1.54, 1.807) is 23.1 Å². The highest BCUT2D eigenvalue weighted by atomic mass is 35.5. The molecule has 1 aliphatic heterocycles. The summed E-state index contributed by atoms with van der Waals surface area (Å²) in [7, 11) is 0. The van der Waals surface area contributed by atoms with Crippen LogP contribution in [0.25, 0.3) is 16.6 Å². The average molecular weight is 436 g/mol. The number of benzene rings is 1. The van der Waals surface area contributed by atoms with Gasteiger partial charge < -0.3 is 14.7 Å². The number of hydrogen-bond acceptors (Lipinski definition) is 6. The van der Waals surface area contributed by atoms with Gasteiger partial charge in [-0.2, -0.15) is 0 Å². The Morgan fingerprint density at radius 1 is 1.34 bits per heavy atom. The zero-order chi connectivity index (χ0) is 20.4. The number of halogens is 2. The molecule has 2 aromatic heterocycles. The Morgan fingerprint density at radius 2 is 2.21 bits per heavy atom. The van der Waals surface area contributed by atoms with Crippen LogP contribution in [0.5, 0.6) is 0 Å². The Bertz CT molecular complexity index is 1030. The first-order chi connectivity index (χ1) is 14.0. The minimum absolute atomic E-state index is 0.00843. The molecule has 0 aliphatic carbocycles. The topological polar surface area (TPSA) is 93.4 Å². The van der Waals surface area contributed by atoms with Crippen molar-refractivity contribution < 1.29 is 14.6 Å². The van der Waals surface area contributed by atoms with E-state index in [0.29, 0.717) is 22.2 Å². The summed E-state index contributed by atoms with van der Waals surface area (Å²) in [6, 6.07) is 5.67. The van der Waals surface area contributed by atoms with Crippen molar-refractivity contribution in [1.82, 2.24) is 20.0 Å². The number of hydrogen-bond donors (Lipinski definition) is 1. The number of nitrogens with zero attached hydrogens (tertiary/aromatic N) is 5. The normalized spacial score (nSPS) is 16.6. The number of aromatic nitrogens is 4. The van der Waals surface area contributed by atoms with E-state index in [4.69, 9.17) is 38.0 Å². The van der Waals surface area contributed by atoms with Crippen molar-refractivity contribution in [2.45, 2.75) is 25.3 Å². The average Bonchev–Trinajstić information content (AvgIpc) is 3.39. The minimum Gasteiger partial charge on any atom is -0.481 e. The molecule has 10 heteroatoms. The van der Waals surface area contributed by atoms with Crippen LogP contribution < -0.4 is 4.90 Å². The maximum atomic E-state index is 10.7. The summed E-state index contributed by atoms with van der Waals surface area (Å²) in [5, 5.41) is 18.4. The highest BCUT2D eigenvalue weighted by Crippen LogP contribution is 2.36. The van der Waals surface area contributed by atoms with Crippen molar-refractivity contribution in [3.05, 3.63) is 40.6 Å². The van der Waals surface area contributed by atoms with Crippen molar-refractivity contribution in [3.8, 4) is 5.69 Å². The molecule has 3 aromatic rings. The molecule has 1 saturated heterocycles. The number of anilines is 1. The van der Waals surface area contributed by atoms with Gasteiger partial charge >= 0.3 is 5.97 Å². The smallest absolute Gasteiger partial charge is 0.305 e. The highest BCUT2D eigenvalue weighted by molar-refractivity contribution is 6.45. The molecule has 4 rings (SSSR count). The van der Waals surface area contributed by atoms with Gasteiger partial charge in [-0.3, -0.25) is 4.79 Å². The summed E-state index contributed by atoms with van der Waals surface area (Å²) in [5.74, 6) is -0.120. The zero-order valence-corrected chi connectivity index (χ0v) is 17.0. The molecule has 0 bridgehead atoms. The number of carbonyl (C=O) groups is 1. The molecule has 1 unspecified atom stereocenters. The number of carboxylic acid groups (broad SMARTS) is 1. The van der Waals surface area contributed by atoms with Crippen LogP contribution in [0.4, 0.5) is 5.82 Å². The first-order valence-corrected chi connectivity index (χ1v) is 10.0. The van der Waals surface area contributed by atoms with Gasteiger partial charge in [0.15, 0.2) is 0 Å². The fourth-order valence-corrected chi connectivity index (χ4v) is 3.93. The molecule has 29 heavy (non-hydrogen) atoms. The van der Waals surface area contributed by atoms with Crippen LogP contribution in [-0.2, 0) is 9.53 Å². The lowest BCUT2D eigenvalue weighted by Gasteiger charge is -2.26. The summed E-state index contributed by atoms with van der Waals surface area (Å²) in [4.78, 5) is 17.6. The Morgan fingerprint density at radius 3 is 2.97 bits per heavy atom. The molecule has 1 fully saturated rings. The monoisotopic (exact) mass is 435 g/mol. The van der Waals surface area contributed by atoms with Crippen LogP contribution in [0.15, 0.2) is 30.6 Å². The maximum absolute atomic E-state index is 10.7. The molecule has 1 aromatic carbocycles. The zero-order valence-electron chi connectivity index (χ0n) is 15.5. The van der Waals surface area contributed by atoms with E-state index in [9.17, 15) is 4.79 Å². The van der Waals surface area contributed by atoms with Gasteiger partial charge in [0.25, 0.3) is 0 Å². The van der Waals surface area contributed by atoms with E-state index in [2.05, 4.69) is 15.2 Å². The second kappa shape index (κ2) is 8.52. The lowest BCUT2D eigenvalue weighted by Crippen LogP contribution is -2.34. The third-order valence-electron chi connectivity index (χ3n) is 4.95. The Balaban J connectivity index is 1.69. The lowest BCUT2D eigenvalue weighted by molar-refractivity contribution is -0.138. The molecular formula is C19H19Cl2N5O3. The molecule has 1 aliphatic rings. The maximum Gasteiger partial charge on any atom is 0.305 e. The molecule has 152 valence electrons. The summed E-state index contributed by atoms with van der Waals surface area (Å²) in [6.45, 7) is 1.45. The molecule has 1 atom stereocenters. The van der Waals surface area contributed by atoms with Gasteiger partial charge in [-0.1, -0.05) is 28.4 Å². The molecule has 0 amide bonds. The molecule has 0 spiro atoms. The van der Waals surface area contributed by atoms with Crippen LogP contribution in [0, 0.1) is 0 Å².